The van der Waals surface area contributed by atoms with Crippen molar-refractivity contribution in [1.29, 1.82) is 0 Å². The Bertz CT molecular complexity index is 711. The lowest BCUT2D eigenvalue weighted by molar-refractivity contribution is -0.123. The average Bonchev–Trinajstić information content (AvgIpc) is 2.67. The molecule has 29 heavy (non-hydrogen) atoms. The molecule has 7 nitrogen and oxygen atoms in total. The SMILES string of the molecule is CNCC1CCN(C(=O)c2cc(OC)c(OC)cc2NC(=O)C(C)(C)C)CC1.Cl. The molecule has 0 spiro atoms. The highest BCUT2D eigenvalue weighted by atomic mass is 35.5. The molecule has 1 aliphatic heterocycles. The first-order valence-corrected chi connectivity index (χ1v) is 9.72. The number of methoxy groups -OCH3 is 2. The van der Waals surface area contributed by atoms with Crippen LogP contribution < -0.4 is 20.1 Å². The fourth-order valence-electron chi connectivity index (χ4n) is 3.27. The van der Waals surface area contributed by atoms with Crippen molar-refractivity contribution in [2.24, 2.45) is 11.3 Å². The van der Waals surface area contributed by atoms with E-state index in [2.05, 4.69) is 10.6 Å². The molecular formula is C21H34ClN3O4. The van der Waals surface area contributed by atoms with Crippen molar-refractivity contribution in [3.63, 3.8) is 0 Å². The van der Waals surface area contributed by atoms with Gasteiger partial charge < -0.3 is 25.0 Å². The monoisotopic (exact) mass is 427 g/mol. The zero-order valence-electron chi connectivity index (χ0n) is 18.3. The van der Waals surface area contributed by atoms with Crippen molar-refractivity contribution in [2.75, 3.05) is 46.2 Å². The lowest BCUT2D eigenvalue weighted by Gasteiger charge is -2.32. The number of ether oxygens (including phenoxy) is 2. The van der Waals surface area contributed by atoms with Gasteiger partial charge in [-0.05, 0) is 38.4 Å². The van der Waals surface area contributed by atoms with Gasteiger partial charge in [0.1, 0.15) is 0 Å². The standard InChI is InChI=1S/C21H33N3O4.ClH/c1-21(2,3)20(26)23-16-12-18(28-6)17(27-5)11-15(16)19(25)24-9-7-14(8-10-24)13-22-4;/h11-12,14,22H,7-10,13H2,1-6H3,(H,23,26);1H. The summed E-state index contributed by atoms with van der Waals surface area (Å²) in [6.07, 6.45) is 1.92. The second-order valence-electron chi connectivity index (χ2n) is 8.25. The maximum atomic E-state index is 13.2. The van der Waals surface area contributed by atoms with Crippen LogP contribution in [-0.2, 0) is 4.79 Å². The van der Waals surface area contributed by atoms with Gasteiger partial charge in [-0.1, -0.05) is 20.8 Å². The summed E-state index contributed by atoms with van der Waals surface area (Å²) in [6.45, 7) is 7.86. The summed E-state index contributed by atoms with van der Waals surface area (Å²) in [7, 11) is 5.01. The third-order valence-electron chi connectivity index (χ3n) is 5.08. The zero-order chi connectivity index (χ0) is 20.9. The highest BCUT2D eigenvalue weighted by Crippen LogP contribution is 2.35. The van der Waals surface area contributed by atoms with E-state index < -0.39 is 5.41 Å². The molecule has 2 N–H and O–H groups in total. The van der Waals surface area contributed by atoms with E-state index in [1.807, 2.05) is 32.7 Å². The average molecular weight is 428 g/mol. The van der Waals surface area contributed by atoms with Crippen molar-refractivity contribution in [1.82, 2.24) is 10.2 Å². The third kappa shape index (κ3) is 6.24. The maximum Gasteiger partial charge on any atom is 0.256 e. The van der Waals surface area contributed by atoms with Gasteiger partial charge in [0.15, 0.2) is 11.5 Å². The van der Waals surface area contributed by atoms with Crippen molar-refractivity contribution in [2.45, 2.75) is 33.6 Å². The molecule has 164 valence electrons. The number of rotatable bonds is 6. The summed E-state index contributed by atoms with van der Waals surface area (Å²) < 4.78 is 10.7. The van der Waals surface area contributed by atoms with E-state index in [9.17, 15) is 9.59 Å². The number of anilines is 1. The summed E-state index contributed by atoms with van der Waals surface area (Å²) in [4.78, 5) is 27.6. The molecule has 0 aliphatic carbocycles. The molecule has 0 bridgehead atoms. The first kappa shape index (κ1) is 25.0. The number of nitrogens with one attached hydrogen (secondary N) is 2. The molecule has 0 atom stereocenters. The number of carbonyl (C=O) groups is 2. The lowest BCUT2D eigenvalue weighted by Crippen LogP contribution is -2.41. The predicted octanol–water partition coefficient (Wildman–Crippen LogP) is 3.18. The maximum absolute atomic E-state index is 13.2. The van der Waals surface area contributed by atoms with E-state index in [0.717, 1.165) is 19.4 Å². The van der Waals surface area contributed by atoms with Crippen LogP contribution in [0.25, 0.3) is 0 Å². The Hall–Kier alpha value is -1.99. The number of carbonyl (C=O) groups excluding carboxylic acids is 2. The van der Waals surface area contributed by atoms with Gasteiger partial charge in [0.25, 0.3) is 5.91 Å². The van der Waals surface area contributed by atoms with Crippen LogP contribution >= 0.6 is 12.4 Å². The third-order valence-corrected chi connectivity index (χ3v) is 5.08. The molecule has 8 heteroatoms. The molecule has 1 fully saturated rings. The summed E-state index contributed by atoms with van der Waals surface area (Å²) in [5.41, 5.74) is 0.279. The molecule has 1 heterocycles. The van der Waals surface area contributed by atoms with Crippen LogP contribution in [0.4, 0.5) is 5.69 Å². The Labute approximate surface area is 179 Å². The van der Waals surface area contributed by atoms with Crippen LogP contribution in [0.15, 0.2) is 12.1 Å². The van der Waals surface area contributed by atoms with Crippen LogP contribution in [0.1, 0.15) is 44.0 Å². The van der Waals surface area contributed by atoms with Crippen LogP contribution in [0.5, 0.6) is 11.5 Å². The molecule has 1 aliphatic rings. The van der Waals surface area contributed by atoms with Crippen molar-refractivity contribution in [3.8, 4) is 11.5 Å². The number of benzene rings is 1. The summed E-state index contributed by atoms with van der Waals surface area (Å²) in [5.74, 6) is 1.25. The molecule has 0 aromatic heterocycles. The Kier molecular flexibility index (Phi) is 9.23. The quantitative estimate of drug-likeness (QED) is 0.728. The van der Waals surface area contributed by atoms with E-state index in [4.69, 9.17) is 9.47 Å². The Balaban J connectivity index is 0.00000420. The molecular weight excluding hydrogens is 394 g/mol. The molecule has 2 rings (SSSR count). The molecule has 1 aromatic rings. The van der Waals surface area contributed by atoms with Gasteiger partial charge in [-0.25, -0.2) is 0 Å². The largest absolute Gasteiger partial charge is 0.493 e. The second kappa shape index (κ2) is 10.7. The first-order valence-electron chi connectivity index (χ1n) is 9.72. The smallest absolute Gasteiger partial charge is 0.256 e. The van der Waals surface area contributed by atoms with Crippen LogP contribution in [0, 0.1) is 11.3 Å². The summed E-state index contributed by atoms with van der Waals surface area (Å²) in [5, 5.41) is 6.10. The van der Waals surface area contributed by atoms with E-state index >= 15 is 0 Å². The van der Waals surface area contributed by atoms with Gasteiger partial charge in [0.2, 0.25) is 5.91 Å². The number of nitrogens with zero attached hydrogens (tertiary/aromatic N) is 1. The van der Waals surface area contributed by atoms with Crippen molar-refractivity contribution >= 4 is 29.9 Å². The summed E-state index contributed by atoms with van der Waals surface area (Å²) in [6, 6.07) is 3.31. The van der Waals surface area contributed by atoms with Crippen LogP contribution in [0.3, 0.4) is 0 Å². The Morgan fingerprint density at radius 2 is 1.66 bits per heavy atom. The molecule has 0 unspecified atom stereocenters. The highest BCUT2D eigenvalue weighted by Gasteiger charge is 2.28. The van der Waals surface area contributed by atoms with E-state index in [1.165, 1.54) is 14.2 Å². The number of hydrogen-bond acceptors (Lipinski definition) is 5. The minimum absolute atomic E-state index is 0. The van der Waals surface area contributed by atoms with Crippen LogP contribution in [-0.4, -0.2) is 57.6 Å². The van der Waals surface area contributed by atoms with Gasteiger partial charge >= 0.3 is 0 Å². The van der Waals surface area contributed by atoms with E-state index in [0.29, 0.717) is 41.8 Å². The molecule has 1 saturated heterocycles. The topological polar surface area (TPSA) is 79.9 Å². The van der Waals surface area contributed by atoms with Crippen molar-refractivity contribution in [3.05, 3.63) is 17.7 Å². The van der Waals surface area contributed by atoms with Crippen LogP contribution in [0.2, 0.25) is 0 Å². The number of likely N-dealkylation sites (tertiary alicyclic amines) is 1. The van der Waals surface area contributed by atoms with E-state index in [-0.39, 0.29) is 24.2 Å². The second-order valence-corrected chi connectivity index (χ2v) is 8.25. The summed E-state index contributed by atoms with van der Waals surface area (Å²) >= 11 is 0. The number of halogens is 1. The molecule has 0 radical (unpaired) electrons. The minimum Gasteiger partial charge on any atom is -0.493 e. The van der Waals surface area contributed by atoms with E-state index in [1.54, 1.807) is 12.1 Å². The Morgan fingerprint density at radius 1 is 1.10 bits per heavy atom. The lowest BCUT2D eigenvalue weighted by atomic mass is 9.94. The fraction of sp³-hybridized carbons (Fsp3) is 0.619. The van der Waals surface area contributed by atoms with Gasteiger partial charge in [-0.15, -0.1) is 12.4 Å². The number of piperidine rings is 1. The highest BCUT2D eigenvalue weighted by molar-refractivity contribution is 6.05. The van der Waals surface area contributed by atoms with Crippen molar-refractivity contribution < 1.29 is 19.1 Å². The Morgan fingerprint density at radius 3 is 2.14 bits per heavy atom. The molecule has 2 amide bonds. The van der Waals surface area contributed by atoms with Gasteiger partial charge in [0.05, 0.1) is 25.5 Å². The van der Waals surface area contributed by atoms with Gasteiger partial charge in [-0.3, -0.25) is 9.59 Å². The zero-order valence-corrected chi connectivity index (χ0v) is 19.1. The number of amides is 2. The van der Waals surface area contributed by atoms with Gasteiger partial charge in [0, 0.05) is 24.6 Å². The first-order chi connectivity index (χ1) is 13.2. The minimum atomic E-state index is -0.584. The predicted molar refractivity (Wildman–Crippen MR) is 117 cm³/mol. The number of hydrogen-bond donors (Lipinski definition) is 2. The fourth-order valence-corrected chi connectivity index (χ4v) is 3.27. The van der Waals surface area contributed by atoms with Gasteiger partial charge in [-0.2, -0.15) is 0 Å². The molecule has 0 saturated carbocycles. The molecule has 1 aromatic carbocycles. The normalized spacial score (nSPS) is 14.8.